The van der Waals surface area contributed by atoms with E-state index in [4.69, 9.17) is 0 Å². The molecule has 0 atom stereocenters. The third kappa shape index (κ3) is 3.25. The molecule has 0 N–H and O–H groups in total. The maximum atomic E-state index is 2.36. The van der Waals surface area contributed by atoms with Crippen molar-refractivity contribution in [2.45, 2.75) is 5.92 Å². The summed E-state index contributed by atoms with van der Waals surface area (Å²) in [5, 5.41) is 2.60. The molecule has 0 amide bonds. The van der Waals surface area contributed by atoms with Crippen LogP contribution < -0.4 is 0 Å². The normalized spacial score (nSPS) is 11.5. The van der Waals surface area contributed by atoms with Gasteiger partial charge in [0.1, 0.15) is 0 Å². The summed E-state index contributed by atoms with van der Waals surface area (Å²) in [5.74, 6) is 0.144. The average Bonchev–Trinajstić information content (AvgIpc) is 3.18. The second-order valence-corrected chi connectivity index (χ2v) is 8.62. The van der Waals surface area contributed by atoms with Crippen LogP contribution in [0.5, 0.6) is 0 Å². The van der Waals surface area contributed by atoms with Gasteiger partial charge >= 0.3 is 0 Å². The van der Waals surface area contributed by atoms with Gasteiger partial charge in [-0.15, -0.1) is 0 Å². The number of nitrogens with zero attached hydrogens (tertiary/aromatic N) is 1. The van der Waals surface area contributed by atoms with Gasteiger partial charge in [-0.2, -0.15) is 0 Å². The van der Waals surface area contributed by atoms with E-state index in [0.717, 1.165) is 0 Å². The first kappa shape index (κ1) is 19.6. The van der Waals surface area contributed by atoms with Crippen molar-refractivity contribution in [2.75, 3.05) is 0 Å². The molecule has 0 aliphatic rings. The van der Waals surface area contributed by atoms with E-state index in [1.54, 1.807) is 0 Å². The lowest BCUT2D eigenvalue weighted by Crippen LogP contribution is -2.06. The lowest BCUT2D eigenvalue weighted by Gasteiger charge is -2.23. The van der Waals surface area contributed by atoms with Gasteiger partial charge in [-0.1, -0.05) is 121 Å². The molecule has 0 unspecified atom stereocenters. The van der Waals surface area contributed by atoms with Crippen LogP contribution >= 0.6 is 0 Å². The summed E-state index contributed by atoms with van der Waals surface area (Å²) in [7, 11) is 2.20. The molecule has 1 heteroatoms. The van der Waals surface area contributed by atoms with Crippen molar-refractivity contribution in [1.29, 1.82) is 0 Å². The van der Waals surface area contributed by atoms with Crippen LogP contribution in [-0.2, 0) is 7.05 Å². The van der Waals surface area contributed by atoms with E-state index in [1.807, 2.05) is 0 Å². The molecule has 0 aliphatic carbocycles. The minimum atomic E-state index is 0.144. The minimum absolute atomic E-state index is 0.144. The van der Waals surface area contributed by atoms with Crippen LogP contribution in [0.4, 0.5) is 0 Å². The number of hydrogen-bond donors (Lipinski definition) is 0. The molecule has 5 aromatic carbocycles. The van der Waals surface area contributed by atoms with E-state index in [-0.39, 0.29) is 5.92 Å². The minimum Gasteiger partial charge on any atom is -0.343 e. The smallest absolute Gasteiger partial charge is 0.0571 e. The summed E-state index contributed by atoms with van der Waals surface area (Å²) in [6.45, 7) is 0. The highest BCUT2D eigenvalue weighted by molar-refractivity contribution is 6.13. The van der Waals surface area contributed by atoms with Crippen molar-refractivity contribution in [2.24, 2.45) is 7.05 Å². The molecular formula is C32H25N. The molecule has 0 saturated heterocycles. The average molecular weight is 424 g/mol. The Morgan fingerprint density at radius 3 is 1.70 bits per heavy atom. The number of fused-ring (bicyclic) bond motifs is 3. The summed E-state index contributed by atoms with van der Waals surface area (Å²) in [6.07, 6.45) is 0. The van der Waals surface area contributed by atoms with Gasteiger partial charge in [0.05, 0.1) is 5.52 Å². The quantitative estimate of drug-likeness (QED) is 0.252. The molecule has 1 heterocycles. The van der Waals surface area contributed by atoms with Crippen LogP contribution in [-0.4, -0.2) is 4.57 Å². The summed E-state index contributed by atoms with van der Waals surface area (Å²) in [5.41, 5.74) is 9.05. The standard InChI is InChI=1S/C32H25N/c1-33-29-20-12-11-19-26(29)27-21-22-28(31(32(27)33)25-17-9-4-10-18-25)30(23-13-5-2-6-14-23)24-15-7-3-8-16-24/h2-22,30H,1H3. The van der Waals surface area contributed by atoms with Gasteiger partial charge in [-0.25, -0.2) is 0 Å². The van der Waals surface area contributed by atoms with Gasteiger partial charge < -0.3 is 4.57 Å². The van der Waals surface area contributed by atoms with Gasteiger partial charge in [-0.3, -0.25) is 0 Å². The Labute approximate surface area is 194 Å². The molecular weight excluding hydrogens is 398 g/mol. The first-order valence-electron chi connectivity index (χ1n) is 11.5. The molecule has 0 bridgehead atoms. The Morgan fingerprint density at radius 2 is 1.06 bits per heavy atom. The van der Waals surface area contributed by atoms with E-state index >= 15 is 0 Å². The van der Waals surface area contributed by atoms with Crippen molar-refractivity contribution in [3.63, 3.8) is 0 Å². The molecule has 0 radical (unpaired) electrons. The fourth-order valence-corrected chi connectivity index (χ4v) is 5.28. The van der Waals surface area contributed by atoms with Crippen molar-refractivity contribution < 1.29 is 0 Å². The van der Waals surface area contributed by atoms with Crippen LogP contribution in [0, 0.1) is 0 Å². The SMILES string of the molecule is Cn1c2ccccc2c2ccc(C(c3ccccc3)c3ccccc3)c(-c3ccccc3)c21. The van der Waals surface area contributed by atoms with Crippen molar-refractivity contribution in [3.8, 4) is 11.1 Å². The Morgan fingerprint density at radius 1 is 0.515 bits per heavy atom. The van der Waals surface area contributed by atoms with Crippen LogP contribution in [0.15, 0.2) is 127 Å². The first-order chi connectivity index (χ1) is 16.3. The number of aryl methyl sites for hydroxylation is 1. The summed E-state index contributed by atoms with van der Waals surface area (Å²) in [6, 6.07) is 46.0. The zero-order valence-corrected chi connectivity index (χ0v) is 18.6. The monoisotopic (exact) mass is 423 g/mol. The van der Waals surface area contributed by atoms with Gasteiger partial charge in [0.2, 0.25) is 0 Å². The highest BCUT2D eigenvalue weighted by Crippen LogP contribution is 2.43. The molecule has 1 nitrogen and oxygen atoms in total. The number of para-hydroxylation sites is 1. The molecule has 6 aromatic rings. The Balaban J connectivity index is 1.75. The molecule has 0 fully saturated rings. The highest BCUT2D eigenvalue weighted by Gasteiger charge is 2.24. The second kappa shape index (κ2) is 8.11. The zero-order chi connectivity index (χ0) is 22.2. The molecule has 1 aromatic heterocycles. The van der Waals surface area contributed by atoms with Crippen LogP contribution in [0.25, 0.3) is 32.9 Å². The summed E-state index contributed by atoms with van der Waals surface area (Å²) < 4.78 is 2.36. The van der Waals surface area contributed by atoms with E-state index < -0.39 is 0 Å². The Kier molecular flexibility index (Phi) is 4.81. The van der Waals surface area contributed by atoms with Gasteiger partial charge in [0, 0.05) is 34.8 Å². The predicted octanol–water partition coefficient (Wildman–Crippen LogP) is 8.18. The van der Waals surface area contributed by atoms with Crippen LogP contribution in [0.3, 0.4) is 0 Å². The van der Waals surface area contributed by atoms with Crippen molar-refractivity contribution in [1.82, 2.24) is 4.57 Å². The lowest BCUT2D eigenvalue weighted by molar-refractivity contribution is 0.972. The van der Waals surface area contributed by atoms with Crippen LogP contribution in [0.1, 0.15) is 22.6 Å². The van der Waals surface area contributed by atoms with Crippen molar-refractivity contribution in [3.05, 3.63) is 144 Å². The molecule has 6 rings (SSSR count). The van der Waals surface area contributed by atoms with E-state index in [2.05, 4.69) is 139 Å². The topological polar surface area (TPSA) is 4.93 Å². The molecule has 0 saturated carbocycles. The Bertz CT molecular complexity index is 1500. The largest absolute Gasteiger partial charge is 0.343 e. The van der Waals surface area contributed by atoms with E-state index in [1.165, 1.54) is 49.6 Å². The number of benzene rings is 5. The van der Waals surface area contributed by atoms with E-state index in [0.29, 0.717) is 0 Å². The number of hydrogen-bond acceptors (Lipinski definition) is 0. The lowest BCUT2D eigenvalue weighted by atomic mass is 9.80. The molecule has 0 aliphatic heterocycles. The molecule has 158 valence electrons. The summed E-state index contributed by atoms with van der Waals surface area (Å²) >= 11 is 0. The first-order valence-corrected chi connectivity index (χ1v) is 11.5. The van der Waals surface area contributed by atoms with Crippen LogP contribution in [0.2, 0.25) is 0 Å². The number of rotatable bonds is 4. The van der Waals surface area contributed by atoms with Gasteiger partial charge in [-0.05, 0) is 28.3 Å². The maximum Gasteiger partial charge on any atom is 0.0571 e. The zero-order valence-electron chi connectivity index (χ0n) is 18.6. The fourth-order valence-electron chi connectivity index (χ4n) is 5.28. The highest BCUT2D eigenvalue weighted by atomic mass is 14.9. The second-order valence-electron chi connectivity index (χ2n) is 8.62. The predicted molar refractivity (Wildman–Crippen MR) is 140 cm³/mol. The van der Waals surface area contributed by atoms with Gasteiger partial charge in [0.25, 0.3) is 0 Å². The maximum absolute atomic E-state index is 2.36. The third-order valence-electron chi connectivity index (χ3n) is 6.74. The third-order valence-corrected chi connectivity index (χ3v) is 6.74. The van der Waals surface area contributed by atoms with Gasteiger partial charge in [0.15, 0.2) is 0 Å². The molecule has 0 spiro atoms. The van der Waals surface area contributed by atoms with E-state index in [9.17, 15) is 0 Å². The molecule has 33 heavy (non-hydrogen) atoms. The summed E-state index contributed by atoms with van der Waals surface area (Å²) in [4.78, 5) is 0. The van der Waals surface area contributed by atoms with Crippen molar-refractivity contribution >= 4 is 21.8 Å². The number of aromatic nitrogens is 1. The fraction of sp³-hybridized carbons (Fsp3) is 0.0625. The Hall–Kier alpha value is -4.10.